The van der Waals surface area contributed by atoms with Crippen LogP contribution in [-0.2, 0) is 19.5 Å². The van der Waals surface area contributed by atoms with Gasteiger partial charge in [0.15, 0.2) is 0 Å². The van der Waals surface area contributed by atoms with Crippen molar-refractivity contribution in [1.29, 1.82) is 0 Å². The van der Waals surface area contributed by atoms with Gasteiger partial charge in [-0.3, -0.25) is 9.69 Å². The van der Waals surface area contributed by atoms with Crippen LogP contribution >= 0.6 is 11.3 Å². The number of β-amino-alcohol motifs (C(OH)–C–C–N with tert-alkyl or cyclic N) is 1. The van der Waals surface area contributed by atoms with Crippen LogP contribution in [0.4, 0.5) is 0 Å². The summed E-state index contributed by atoms with van der Waals surface area (Å²) in [6.07, 6.45) is 0.285. The van der Waals surface area contributed by atoms with Crippen molar-refractivity contribution >= 4 is 16.3 Å². The molecule has 7 heteroatoms. The van der Waals surface area contributed by atoms with E-state index in [0.717, 1.165) is 34.8 Å². The maximum absolute atomic E-state index is 12.2. The van der Waals surface area contributed by atoms with Gasteiger partial charge in [0.05, 0.1) is 11.8 Å². The van der Waals surface area contributed by atoms with E-state index in [9.17, 15) is 9.90 Å². The number of rotatable bonds is 3. The van der Waals surface area contributed by atoms with Gasteiger partial charge in [-0.15, -0.1) is 0 Å². The number of benzene rings is 1. The largest absolute Gasteiger partial charge is 0.387 e. The minimum Gasteiger partial charge on any atom is -0.387 e. The fourth-order valence-electron chi connectivity index (χ4n) is 3.12. The van der Waals surface area contributed by atoms with Gasteiger partial charge in [0.2, 0.25) is 4.96 Å². The lowest BCUT2D eigenvalue weighted by Gasteiger charge is -2.31. The number of aromatic nitrogens is 3. The minimum atomic E-state index is -0.505. The molecule has 0 bridgehead atoms. The van der Waals surface area contributed by atoms with E-state index in [-0.39, 0.29) is 5.56 Å². The summed E-state index contributed by atoms with van der Waals surface area (Å²) in [6.45, 7) is 3.84. The van der Waals surface area contributed by atoms with Gasteiger partial charge in [-0.1, -0.05) is 42.5 Å². The van der Waals surface area contributed by atoms with E-state index in [1.54, 1.807) is 6.07 Å². The monoisotopic (exact) mass is 342 g/mol. The Kier molecular flexibility index (Phi) is 3.91. The van der Waals surface area contributed by atoms with Gasteiger partial charge < -0.3 is 5.11 Å². The lowest BCUT2D eigenvalue weighted by Crippen LogP contribution is -2.33. The topological polar surface area (TPSA) is 70.7 Å². The number of aryl methyl sites for hydroxylation is 1. The highest BCUT2D eigenvalue weighted by atomic mass is 32.1. The van der Waals surface area contributed by atoms with Gasteiger partial charge in [-0.05, 0) is 17.5 Å². The third-order valence-electron chi connectivity index (χ3n) is 4.27. The van der Waals surface area contributed by atoms with Crippen LogP contribution in [0, 0.1) is 0 Å². The maximum Gasteiger partial charge on any atom is 0.275 e. The lowest BCUT2D eigenvalue weighted by molar-refractivity contribution is 0.0875. The molecule has 0 saturated carbocycles. The zero-order chi connectivity index (χ0) is 16.7. The van der Waals surface area contributed by atoms with Gasteiger partial charge in [-0.25, -0.2) is 4.98 Å². The van der Waals surface area contributed by atoms with Gasteiger partial charge >= 0.3 is 0 Å². The highest BCUT2D eigenvalue weighted by Gasteiger charge is 2.23. The van der Waals surface area contributed by atoms with Gasteiger partial charge in [0, 0.05) is 25.7 Å². The first kappa shape index (κ1) is 15.4. The summed E-state index contributed by atoms with van der Waals surface area (Å²) >= 11 is 1.45. The molecule has 0 spiro atoms. The predicted molar refractivity (Wildman–Crippen MR) is 92.0 cm³/mol. The molecule has 1 aliphatic rings. The Bertz CT molecular complexity index is 949. The Morgan fingerprint density at radius 3 is 3.04 bits per heavy atom. The standard InChI is InChI=1S/C17H18N4O2S/c1-2-15-19-21-16(23)7-12(18-17(21)24-15)9-20-8-11-5-3-4-6-13(11)14(22)10-20/h3-7,14,22H,2,8-10H2,1H3. The Morgan fingerprint density at radius 2 is 2.21 bits per heavy atom. The summed E-state index contributed by atoms with van der Waals surface area (Å²) in [6, 6.07) is 9.47. The van der Waals surface area contributed by atoms with E-state index in [1.165, 1.54) is 15.9 Å². The molecule has 6 nitrogen and oxygen atoms in total. The molecular formula is C17H18N4O2S. The average Bonchev–Trinajstić information content (AvgIpc) is 2.99. The summed E-state index contributed by atoms with van der Waals surface area (Å²) in [4.78, 5) is 19.6. The second-order valence-electron chi connectivity index (χ2n) is 6.01. The predicted octanol–water partition coefficient (Wildman–Crippen LogP) is 1.76. The van der Waals surface area contributed by atoms with Crippen molar-refractivity contribution in [2.24, 2.45) is 0 Å². The van der Waals surface area contributed by atoms with Crippen LogP contribution in [0.15, 0.2) is 35.1 Å². The first-order valence-electron chi connectivity index (χ1n) is 8.01. The first-order valence-corrected chi connectivity index (χ1v) is 8.82. The van der Waals surface area contributed by atoms with E-state index in [0.29, 0.717) is 18.1 Å². The zero-order valence-corrected chi connectivity index (χ0v) is 14.2. The number of hydrogen-bond acceptors (Lipinski definition) is 6. The van der Waals surface area contributed by atoms with Crippen molar-refractivity contribution in [3.05, 3.63) is 62.5 Å². The molecule has 4 rings (SSSR count). The summed E-state index contributed by atoms with van der Waals surface area (Å²) in [5, 5.41) is 15.5. The molecule has 1 aliphatic heterocycles. The van der Waals surface area contributed by atoms with Crippen LogP contribution < -0.4 is 5.56 Å². The van der Waals surface area contributed by atoms with Gasteiger partial charge in [0.25, 0.3) is 5.56 Å². The molecule has 1 N–H and O–H groups in total. The average molecular weight is 342 g/mol. The van der Waals surface area contributed by atoms with Crippen LogP contribution in [-0.4, -0.2) is 31.1 Å². The van der Waals surface area contributed by atoms with E-state index in [1.807, 2.05) is 31.2 Å². The second-order valence-corrected chi connectivity index (χ2v) is 7.05. The molecule has 1 aromatic carbocycles. The summed E-state index contributed by atoms with van der Waals surface area (Å²) in [7, 11) is 0. The van der Waals surface area contributed by atoms with Crippen LogP contribution in [0.25, 0.3) is 4.96 Å². The summed E-state index contributed by atoms with van der Waals surface area (Å²) in [5.74, 6) is 0. The molecule has 2 aromatic heterocycles. The molecule has 1 atom stereocenters. The Hall–Kier alpha value is -2.09. The third kappa shape index (κ3) is 2.75. The highest BCUT2D eigenvalue weighted by molar-refractivity contribution is 7.16. The van der Waals surface area contributed by atoms with Gasteiger partial charge in [-0.2, -0.15) is 9.61 Å². The van der Waals surface area contributed by atoms with Gasteiger partial charge in [0.1, 0.15) is 5.01 Å². The van der Waals surface area contributed by atoms with Crippen molar-refractivity contribution < 1.29 is 5.11 Å². The number of nitrogens with zero attached hydrogens (tertiary/aromatic N) is 4. The normalized spacial score (nSPS) is 18.0. The molecule has 24 heavy (non-hydrogen) atoms. The highest BCUT2D eigenvalue weighted by Crippen LogP contribution is 2.27. The molecule has 0 fully saturated rings. The Morgan fingerprint density at radius 1 is 1.38 bits per heavy atom. The smallest absolute Gasteiger partial charge is 0.275 e. The molecule has 0 radical (unpaired) electrons. The van der Waals surface area contributed by atoms with Crippen LogP contribution in [0.1, 0.15) is 34.9 Å². The first-order chi connectivity index (χ1) is 11.6. The maximum atomic E-state index is 12.2. The molecule has 124 valence electrons. The van der Waals surface area contributed by atoms with Crippen LogP contribution in [0.3, 0.4) is 0 Å². The molecule has 0 saturated heterocycles. The van der Waals surface area contributed by atoms with Crippen molar-refractivity contribution in [3.63, 3.8) is 0 Å². The van der Waals surface area contributed by atoms with E-state index in [4.69, 9.17) is 0 Å². The molecule has 1 unspecified atom stereocenters. The Balaban J connectivity index is 1.62. The summed E-state index contributed by atoms with van der Waals surface area (Å²) in [5.41, 5.74) is 2.69. The molecular weight excluding hydrogens is 324 g/mol. The fraction of sp³-hybridized carbons (Fsp3) is 0.353. The third-order valence-corrected chi connectivity index (χ3v) is 5.32. The van der Waals surface area contributed by atoms with Crippen molar-refractivity contribution in [3.8, 4) is 0 Å². The number of aliphatic hydroxyl groups excluding tert-OH is 1. The molecule has 0 aliphatic carbocycles. The molecule has 3 aromatic rings. The minimum absolute atomic E-state index is 0.149. The summed E-state index contributed by atoms with van der Waals surface area (Å²) < 4.78 is 1.37. The van der Waals surface area contributed by atoms with Crippen LogP contribution in [0.5, 0.6) is 0 Å². The van der Waals surface area contributed by atoms with Crippen molar-refractivity contribution in [2.45, 2.75) is 32.5 Å². The van der Waals surface area contributed by atoms with E-state index in [2.05, 4.69) is 15.0 Å². The molecule has 0 amide bonds. The second kappa shape index (κ2) is 6.08. The van der Waals surface area contributed by atoms with Crippen LogP contribution in [0.2, 0.25) is 0 Å². The fourth-order valence-corrected chi connectivity index (χ4v) is 3.98. The van der Waals surface area contributed by atoms with E-state index >= 15 is 0 Å². The number of hydrogen-bond donors (Lipinski definition) is 1. The van der Waals surface area contributed by atoms with E-state index < -0.39 is 6.10 Å². The SMILES string of the molecule is CCc1nn2c(=O)cc(CN3Cc4ccccc4C(O)C3)nc2s1. The zero-order valence-electron chi connectivity index (χ0n) is 13.3. The quantitative estimate of drug-likeness (QED) is 0.785. The molecule has 3 heterocycles. The number of aliphatic hydroxyl groups is 1. The number of fused-ring (bicyclic) bond motifs is 2. The van der Waals surface area contributed by atoms with Crippen molar-refractivity contribution in [1.82, 2.24) is 19.5 Å². The van der Waals surface area contributed by atoms with Crippen molar-refractivity contribution in [2.75, 3.05) is 6.54 Å². The lowest BCUT2D eigenvalue weighted by atomic mass is 9.97. The Labute approximate surface area is 143 Å².